The summed E-state index contributed by atoms with van der Waals surface area (Å²) in [7, 11) is 4.81. The van der Waals surface area contributed by atoms with E-state index in [0.29, 0.717) is 44.9 Å². The van der Waals surface area contributed by atoms with Crippen LogP contribution in [0.1, 0.15) is 29.0 Å². The zero-order valence-electron chi connectivity index (χ0n) is 17.8. The average molecular weight is 456 g/mol. The summed E-state index contributed by atoms with van der Waals surface area (Å²) in [5, 5.41) is 3.19. The highest BCUT2D eigenvalue weighted by molar-refractivity contribution is 7.98. The molecule has 0 radical (unpaired) electrons. The topological polar surface area (TPSA) is 82.4 Å². The van der Waals surface area contributed by atoms with Gasteiger partial charge in [-0.15, -0.1) is 0 Å². The molecule has 1 aliphatic heterocycles. The van der Waals surface area contributed by atoms with Crippen LogP contribution in [-0.2, 0) is 17.6 Å². The Bertz CT molecular complexity index is 1240. The summed E-state index contributed by atoms with van der Waals surface area (Å²) >= 11 is 1.23. The van der Waals surface area contributed by atoms with Crippen LogP contribution in [0.3, 0.4) is 0 Å². The van der Waals surface area contributed by atoms with Gasteiger partial charge in [-0.3, -0.25) is 9.59 Å². The van der Waals surface area contributed by atoms with E-state index in [1.807, 2.05) is 0 Å². The number of anilines is 1. The Morgan fingerprint density at radius 1 is 1.19 bits per heavy atom. The molecule has 1 amide bonds. The fourth-order valence-corrected chi connectivity index (χ4v) is 4.75. The molecule has 32 heavy (non-hydrogen) atoms. The number of nitrogens with one attached hydrogen (secondary N) is 1. The minimum atomic E-state index is -0.541. The second-order valence-corrected chi connectivity index (χ2v) is 8.26. The third kappa shape index (κ3) is 4.08. The summed E-state index contributed by atoms with van der Waals surface area (Å²) < 4.78 is 26.5. The number of hydrogen-bond acceptors (Lipinski definition) is 6. The molecule has 1 aromatic heterocycles. The number of fused-ring (bicyclic) bond motifs is 1. The molecular formula is C23H22FN3O4S. The zero-order valence-corrected chi connectivity index (χ0v) is 18.7. The number of carbonyl (C=O) groups is 1. The van der Waals surface area contributed by atoms with Crippen LogP contribution in [0.15, 0.2) is 52.4 Å². The van der Waals surface area contributed by atoms with E-state index < -0.39 is 11.5 Å². The first-order chi connectivity index (χ1) is 15.4. The minimum absolute atomic E-state index is 0.0785. The highest BCUT2D eigenvalue weighted by atomic mass is 32.2. The summed E-state index contributed by atoms with van der Waals surface area (Å²) in [6, 6.07) is 11.7. The third-order valence-corrected chi connectivity index (χ3v) is 6.51. The number of benzene rings is 2. The molecule has 0 saturated carbocycles. The van der Waals surface area contributed by atoms with Crippen molar-refractivity contribution in [2.24, 2.45) is 7.05 Å². The Kier molecular flexibility index (Phi) is 6.18. The molecule has 0 unspecified atom stereocenters. The smallest absolute Gasteiger partial charge is 0.279 e. The summed E-state index contributed by atoms with van der Waals surface area (Å²) in [6.07, 6.45) is 0.0785. The van der Waals surface area contributed by atoms with Crippen molar-refractivity contribution < 1.29 is 18.7 Å². The Hall–Kier alpha value is -3.33. The number of rotatable bonds is 6. The van der Waals surface area contributed by atoms with Gasteiger partial charge in [-0.1, -0.05) is 30.0 Å². The SMILES string of the molecule is COc1ccc(OC)c([C@H]2CC(=O)Nc3c2c(=O)nc(SCc2ccccc2F)n3C)c1. The fraction of sp³-hybridized carbons (Fsp3) is 0.261. The van der Waals surface area contributed by atoms with Crippen LogP contribution in [0.4, 0.5) is 10.2 Å². The lowest BCUT2D eigenvalue weighted by atomic mass is 9.86. The Labute approximate surface area is 188 Å². The zero-order chi connectivity index (χ0) is 22.8. The average Bonchev–Trinajstić information content (AvgIpc) is 2.80. The summed E-state index contributed by atoms with van der Waals surface area (Å²) in [5.74, 6) is 0.742. The monoisotopic (exact) mass is 455 g/mol. The molecule has 2 aromatic carbocycles. The minimum Gasteiger partial charge on any atom is -0.497 e. The third-order valence-electron chi connectivity index (χ3n) is 5.43. The van der Waals surface area contributed by atoms with Gasteiger partial charge in [-0.05, 0) is 29.8 Å². The van der Waals surface area contributed by atoms with Gasteiger partial charge in [0.1, 0.15) is 23.1 Å². The molecular weight excluding hydrogens is 433 g/mol. The molecule has 0 aliphatic carbocycles. The lowest BCUT2D eigenvalue weighted by Gasteiger charge is -2.28. The second-order valence-electron chi connectivity index (χ2n) is 7.31. The van der Waals surface area contributed by atoms with Crippen molar-refractivity contribution in [3.05, 3.63) is 75.3 Å². The molecule has 0 bridgehead atoms. The standard InChI is InChI=1S/C23H22FN3O4S/c1-27-21-20(22(29)26-23(27)32-12-13-6-4-5-7-17(13)24)16(11-19(28)25-21)15-10-14(30-2)8-9-18(15)31-3/h4-10,16H,11-12H2,1-3H3,(H,25,28)/t16-/m1/s1. The van der Waals surface area contributed by atoms with E-state index in [0.717, 1.165) is 0 Å². The normalized spacial score (nSPS) is 15.1. The van der Waals surface area contributed by atoms with E-state index in [-0.39, 0.29) is 18.1 Å². The van der Waals surface area contributed by atoms with Gasteiger partial charge in [0.15, 0.2) is 5.16 Å². The molecule has 3 aromatic rings. The largest absolute Gasteiger partial charge is 0.497 e. The Balaban J connectivity index is 1.77. The van der Waals surface area contributed by atoms with Gasteiger partial charge in [0.25, 0.3) is 5.56 Å². The first kappa shape index (κ1) is 21.9. The molecule has 1 atom stereocenters. The molecule has 1 aliphatic rings. The van der Waals surface area contributed by atoms with Crippen molar-refractivity contribution in [2.45, 2.75) is 23.2 Å². The quantitative estimate of drug-likeness (QED) is 0.451. The van der Waals surface area contributed by atoms with Crippen LogP contribution < -0.4 is 20.3 Å². The van der Waals surface area contributed by atoms with Crippen molar-refractivity contribution in [1.29, 1.82) is 0 Å². The van der Waals surface area contributed by atoms with Crippen molar-refractivity contribution in [2.75, 3.05) is 19.5 Å². The van der Waals surface area contributed by atoms with Crippen LogP contribution in [0.2, 0.25) is 0 Å². The van der Waals surface area contributed by atoms with Crippen LogP contribution in [0.25, 0.3) is 0 Å². The van der Waals surface area contributed by atoms with Gasteiger partial charge in [0, 0.05) is 30.7 Å². The summed E-state index contributed by atoms with van der Waals surface area (Å²) in [4.78, 5) is 30.0. The number of nitrogens with zero attached hydrogens (tertiary/aromatic N) is 2. The van der Waals surface area contributed by atoms with Crippen LogP contribution in [0, 0.1) is 5.82 Å². The highest BCUT2D eigenvalue weighted by Gasteiger charge is 2.34. The first-order valence-electron chi connectivity index (χ1n) is 9.91. The van der Waals surface area contributed by atoms with Crippen molar-refractivity contribution >= 4 is 23.5 Å². The number of hydrogen-bond donors (Lipinski definition) is 1. The molecule has 0 saturated heterocycles. The molecule has 7 nitrogen and oxygen atoms in total. The van der Waals surface area contributed by atoms with Gasteiger partial charge in [-0.25, -0.2) is 4.39 Å². The summed E-state index contributed by atoms with van der Waals surface area (Å²) in [5.41, 5.74) is 1.12. The van der Waals surface area contributed by atoms with Crippen LogP contribution >= 0.6 is 11.8 Å². The maximum atomic E-state index is 14.0. The molecule has 0 spiro atoms. The molecule has 166 valence electrons. The molecule has 9 heteroatoms. The number of carbonyl (C=O) groups excluding carboxylic acids is 1. The van der Waals surface area contributed by atoms with Crippen molar-refractivity contribution in [1.82, 2.24) is 9.55 Å². The van der Waals surface area contributed by atoms with Crippen LogP contribution in [-0.4, -0.2) is 29.7 Å². The predicted octanol–water partition coefficient (Wildman–Crippen LogP) is 3.70. The van der Waals surface area contributed by atoms with Crippen molar-refractivity contribution in [3.63, 3.8) is 0 Å². The molecule has 0 fully saturated rings. The van der Waals surface area contributed by atoms with Crippen LogP contribution in [0.5, 0.6) is 11.5 Å². The number of amides is 1. The fourth-order valence-electron chi connectivity index (χ4n) is 3.80. The van der Waals surface area contributed by atoms with E-state index in [9.17, 15) is 14.0 Å². The molecule has 4 rings (SSSR count). The van der Waals surface area contributed by atoms with Gasteiger partial charge in [-0.2, -0.15) is 4.98 Å². The number of methoxy groups -OCH3 is 2. The van der Waals surface area contributed by atoms with Crippen molar-refractivity contribution in [3.8, 4) is 11.5 Å². The van der Waals surface area contributed by atoms with Gasteiger partial charge >= 0.3 is 0 Å². The number of thioether (sulfide) groups is 1. The maximum absolute atomic E-state index is 14.0. The van der Waals surface area contributed by atoms with Gasteiger partial charge < -0.3 is 19.4 Å². The predicted molar refractivity (Wildman–Crippen MR) is 120 cm³/mol. The van der Waals surface area contributed by atoms with E-state index in [1.54, 1.807) is 55.1 Å². The Morgan fingerprint density at radius 3 is 2.69 bits per heavy atom. The number of halogens is 1. The lowest BCUT2D eigenvalue weighted by Crippen LogP contribution is -2.33. The van der Waals surface area contributed by atoms with Gasteiger partial charge in [0.05, 0.1) is 19.8 Å². The van der Waals surface area contributed by atoms with E-state index >= 15 is 0 Å². The molecule has 1 N–H and O–H groups in total. The number of aromatic nitrogens is 2. The molecule has 2 heterocycles. The highest BCUT2D eigenvalue weighted by Crippen LogP contribution is 2.41. The van der Waals surface area contributed by atoms with E-state index in [1.165, 1.54) is 24.9 Å². The second kappa shape index (κ2) is 9.04. The summed E-state index contributed by atoms with van der Waals surface area (Å²) in [6.45, 7) is 0. The first-order valence-corrected chi connectivity index (χ1v) is 10.9. The Morgan fingerprint density at radius 2 is 1.97 bits per heavy atom. The van der Waals surface area contributed by atoms with E-state index in [2.05, 4.69) is 10.3 Å². The number of ether oxygens (including phenoxy) is 2. The van der Waals surface area contributed by atoms with Gasteiger partial charge in [0.2, 0.25) is 5.91 Å². The van der Waals surface area contributed by atoms with E-state index in [4.69, 9.17) is 9.47 Å². The maximum Gasteiger partial charge on any atom is 0.279 e. The lowest BCUT2D eigenvalue weighted by molar-refractivity contribution is -0.116.